The zero-order chi connectivity index (χ0) is 13.2. The SMILES string of the molecule is CC(C)(C(=O)c1ccccc1Cl)c1ccccc1.N. The van der Waals surface area contributed by atoms with Crippen LogP contribution in [0.5, 0.6) is 0 Å². The van der Waals surface area contributed by atoms with Gasteiger partial charge < -0.3 is 6.15 Å². The Labute approximate surface area is 119 Å². The number of Topliss-reactive ketones (excluding diaryl/α,β-unsaturated/α-hetero) is 1. The second kappa shape index (κ2) is 6.00. The molecule has 0 aliphatic carbocycles. The highest BCUT2D eigenvalue weighted by atomic mass is 35.5. The lowest BCUT2D eigenvalue weighted by Gasteiger charge is -2.24. The number of hydrogen-bond donors (Lipinski definition) is 1. The van der Waals surface area contributed by atoms with Crippen molar-refractivity contribution in [1.82, 2.24) is 6.15 Å². The summed E-state index contributed by atoms with van der Waals surface area (Å²) in [6, 6.07) is 16.9. The molecule has 0 aliphatic heterocycles. The summed E-state index contributed by atoms with van der Waals surface area (Å²) in [6.07, 6.45) is 0. The summed E-state index contributed by atoms with van der Waals surface area (Å²) in [5.41, 5.74) is 0.995. The van der Waals surface area contributed by atoms with Crippen LogP contribution in [0.3, 0.4) is 0 Å². The third-order valence-electron chi connectivity index (χ3n) is 3.18. The highest BCUT2D eigenvalue weighted by Gasteiger charge is 2.31. The van der Waals surface area contributed by atoms with Crippen LogP contribution in [-0.4, -0.2) is 5.78 Å². The number of carbonyl (C=O) groups is 1. The fourth-order valence-electron chi connectivity index (χ4n) is 1.97. The minimum absolute atomic E-state index is 0. The van der Waals surface area contributed by atoms with Gasteiger partial charge in [-0.1, -0.05) is 54.1 Å². The van der Waals surface area contributed by atoms with E-state index < -0.39 is 5.41 Å². The first-order valence-corrected chi connectivity index (χ1v) is 6.26. The van der Waals surface area contributed by atoms with E-state index in [9.17, 15) is 4.79 Å². The van der Waals surface area contributed by atoms with Gasteiger partial charge in [-0.25, -0.2) is 0 Å². The molecule has 0 saturated heterocycles. The Kier molecular flexibility index (Phi) is 4.87. The molecular formula is C16H18ClNO. The lowest BCUT2D eigenvalue weighted by Crippen LogP contribution is -2.29. The van der Waals surface area contributed by atoms with Crippen molar-refractivity contribution in [3.05, 3.63) is 70.7 Å². The second-order valence-electron chi connectivity index (χ2n) is 4.80. The van der Waals surface area contributed by atoms with Crippen LogP contribution < -0.4 is 6.15 Å². The smallest absolute Gasteiger partial charge is 0.174 e. The number of carbonyl (C=O) groups excluding carboxylic acids is 1. The summed E-state index contributed by atoms with van der Waals surface area (Å²) in [5.74, 6) is 0.0410. The van der Waals surface area contributed by atoms with Gasteiger partial charge in [-0.15, -0.1) is 0 Å². The lowest BCUT2D eigenvalue weighted by molar-refractivity contribution is 0.0909. The quantitative estimate of drug-likeness (QED) is 0.828. The van der Waals surface area contributed by atoms with E-state index in [0.29, 0.717) is 10.6 Å². The molecule has 2 aromatic carbocycles. The van der Waals surface area contributed by atoms with Gasteiger partial charge in [-0.2, -0.15) is 0 Å². The van der Waals surface area contributed by atoms with Crippen molar-refractivity contribution in [3.63, 3.8) is 0 Å². The van der Waals surface area contributed by atoms with Gasteiger partial charge in [-0.05, 0) is 31.5 Å². The van der Waals surface area contributed by atoms with Crippen molar-refractivity contribution < 1.29 is 4.79 Å². The molecule has 0 saturated carbocycles. The molecule has 0 amide bonds. The largest absolute Gasteiger partial charge is 0.344 e. The summed E-state index contributed by atoms with van der Waals surface area (Å²) in [5, 5.41) is 0.506. The maximum atomic E-state index is 12.6. The zero-order valence-corrected chi connectivity index (χ0v) is 11.9. The number of halogens is 1. The summed E-state index contributed by atoms with van der Waals surface area (Å²) in [6.45, 7) is 3.85. The normalized spacial score (nSPS) is 10.7. The topological polar surface area (TPSA) is 52.1 Å². The van der Waals surface area contributed by atoms with Gasteiger partial charge in [0.15, 0.2) is 5.78 Å². The molecule has 0 heterocycles. The molecule has 0 spiro atoms. The van der Waals surface area contributed by atoms with E-state index in [2.05, 4.69) is 0 Å². The Hall–Kier alpha value is -1.64. The van der Waals surface area contributed by atoms with Crippen molar-refractivity contribution in [2.45, 2.75) is 19.3 Å². The molecule has 2 aromatic rings. The van der Waals surface area contributed by atoms with Gasteiger partial charge in [0.2, 0.25) is 0 Å². The predicted octanol–water partition coefficient (Wildman–Crippen LogP) is 4.66. The summed E-state index contributed by atoms with van der Waals surface area (Å²) in [4.78, 5) is 12.6. The number of rotatable bonds is 3. The summed E-state index contributed by atoms with van der Waals surface area (Å²) >= 11 is 6.09. The van der Waals surface area contributed by atoms with Crippen LogP contribution in [0, 0.1) is 0 Å². The van der Waals surface area contributed by atoms with E-state index in [-0.39, 0.29) is 11.9 Å². The van der Waals surface area contributed by atoms with E-state index in [1.165, 1.54) is 0 Å². The molecule has 19 heavy (non-hydrogen) atoms. The van der Waals surface area contributed by atoms with Crippen molar-refractivity contribution >= 4 is 17.4 Å². The zero-order valence-electron chi connectivity index (χ0n) is 11.2. The Balaban J connectivity index is 0.00000180. The standard InChI is InChI=1S/C16H15ClO.H3N/c1-16(2,12-8-4-3-5-9-12)15(18)13-10-6-7-11-14(13)17;/h3-11H,1-2H3;1H3. The van der Waals surface area contributed by atoms with Gasteiger partial charge >= 0.3 is 0 Å². The monoisotopic (exact) mass is 275 g/mol. The minimum Gasteiger partial charge on any atom is -0.344 e. The Bertz CT molecular complexity index is 564. The van der Waals surface area contributed by atoms with Crippen LogP contribution in [0.4, 0.5) is 0 Å². The molecule has 0 atom stereocenters. The lowest BCUT2D eigenvalue weighted by atomic mass is 9.78. The molecule has 2 nitrogen and oxygen atoms in total. The Morgan fingerprint density at radius 2 is 1.47 bits per heavy atom. The molecule has 2 rings (SSSR count). The third-order valence-corrected chi connectivity index (χ3v) is 3.51. The van der Waals surface area contributed by atoms with Crippen LogP contribution in [0.2, 0.25) is 5.02 Å². The maximum Gasteiger partial charge on any atom is 0.174 e. The van der Waals surface area contributed by atoms with Crippen LogP contribution >= 0.6 is 11.6 Å². The van der Waals surface area contributed by atoms with E-state index in [0.717, 1.165) is 5.56 Å². The molecule has 0 unspecified atom stereocenters. The number of benzene rings is 2. The molecule has 0 fully saturated rings. The highest BCUT2D eigenvalue weighted by molar-refractivity contribution is 6.34. The van der Waals surface area contributed by atoms with E-state index in [1.54, 1.807) is 12.1 Å². The second-order valence-corrected chi connectivity index (χ2v) is 5.21. The van der Waals surface area contributed by atoms with Gasteiger partial charge in [0.25, 0.3) is 0 Å². The molecule has 100 valence electrons. The van der Waals surface area contributed by atoms with Gasteiger partial charge in [0.05, 0.1) is 10.4 Å². The summed E-state index contributed by atoms with van der Waals surface area (Å²) < 4.78 is 0. The van der Waals surface area contributed by atoms with Gasteiger partial charge in [0, 0.05) is 5.56 Å². The minimum atomic E-state index is -0.577. The summed E-state index contributed by atoms with van der Waals surface area (Å²) in [7, 11) is 0. The first-order chi connectivity index (χ1) is 8.53. The fourth-order valence-corrected chi connectivity index (χ4v) is 2.19. The average Bonchev–Trinajstić information content (AvgIpc) is 2.39. The van der Waals surface area contributed by atoms with Crippen LogP contribution in [0.1, 0.15) is 29.8 Å². The Morgan fingerprint density at radius 1 is 0.947 bits per heavy atom. The molecule has 0 aromatic heterocycles. The molecule has 0 aliphatic rings. The van der Waals surface area contributed by atoms with Crippen molar-refractivity contribution in [2.24, 2.45) is 0 Å². The van der Waals surface area contributed by atoms with Gasteiger partial charge in [0.1, 0.15) is 0 Å². The van der Waals surface area contributed by atoms with Crippen LogP contribution in [0.25, 0.3) is 0 Å². The van der Waals surface area contributed by atoms with E-state index in [1.807, 2.05) is 56.3 Å². The Morgan fingerprint density at radius 3 is 2.05 bits per heavy atom. The van der Waals surface area contributed by atoms with Crippen molar-refractivity contribution in [2.75, 3.05) is 0 Å². The van der Waals surface area contributed by atoms with Crippen molar-refractivity contribution in [1.29, 1.82) is 0 Å². The molecule has 0 bridgehead atoms. The molecule has 3 heteroatoms. The first-order valence-electron chi connectivity index (χ1n) is 5.88. The molecule has 0 radical (unpaired) electrons. The third kappa shape index (κ3) is 3.03. The van der Waals surface area contributed by atoms with E-state index in [4.69, 9.17) is 11.6 Å². The number of hydrogen-bond acceptors (Lipinski definition) is 2. The fraction of sp³-hybridized carbons (Fsp3) is 0.188. The van der Waals surface area contributed by atoms with Crippen molar-refractivity contribution in [3.8, 4) is 0 Å². The van der Waals surface area contributed by atoms with Gasteiger partial charge in [-0.3, -0.25) is 4.79 Å². The predicted molar refractivity (Wildman–Crippen MR) is 80.3 cm³/mol. The molecule has 3 N–H and O–H groups in total. The first kappa shape index (κ1) is 15.4. The van der Waals surface area contributed by atoms with Crippen LogP contribution in [-0.2, 0) is 5.41 Å². The van der Waals surface area contributed by atoms with E-state index >= 15 is 0 Å². The van der Waals surface area contributed by atoms with Crippen LogP contribution in [0.15, 0.2) is 54.6 Å². The molecular weight excluding hydrogens is 258 g/mol. The average molecular weight is 276 g/mol. The maximum absolute atomic E-state index is 12.6. The number of ketones is 1. The highest BCUT2D eigenvalue weighted by Crippen LogP contribution is 2.30.